The summed E-state index contributed by atoms with van der Waals surface area (Å²) in [6.07, 6.45) is 0. The van der Waals surface area contributed by atoms with Crippen LogP contribution in [-0.2, 0) is 13.6 Å². The van der Waals surface area contributed by atoms with Crippen molar-refractivity contribution >= 4 is 34.9 Å². The minimum absolute atomic E-state index is 0.0740. The molecule has 0 fully saturated rings. The molecule has 0 unspecified atom stereocenters. The van der Waals surface area contributed by atoms with E-state index in [1.807, 2.05) is 0 Å². The average Bonchev–Trinajstić information content (AvgIpc) is 2.54. The normalized spacial score (nSPS) is 11.5. The predicted molar refractivity (Wildman–Crippen MR) is 67.2 cm³/mol. The molecule has 0 atom stereocenters. The van der Waals surface area contributed by atoms with E-state index in [0.717, 1.165) is 7.11 Å². The van der Waals surface area contributed by atoms with E-state index in [4.69, 9.17) is 5.26 Å². The number of benzene rings is 2. The molecule has 0 aliphatic carbocycles. The van der Waals surface area contributed by atoms with Crippen molar-refractivity contribution in [1.82, 2.24) is 0 Å². The highest BCUT2D eigenvalue weighted by Gasteiger charge is 2.31. The van der Waals surface area contributed by atoms with E-state index in [0.29, 0.717) is 0 Å². The van der Waals surface area contributed by atoms with Crippen molar-refractivity contribution in [3.8, 4) is 0 Å². The molecule has 0 aliphatic rings. The zero-order valence-electron chi connectivity index (χ0n) is 10.8. The lowest BCUT2D eigenvalue weighted by molar-refractivity contribution is -0.432. The molecular formula is C11H4F6O4S2. The van der Waals surface area contributed by atoms with Crippen molar-refractivity contribution in [2.75, 3.05) is 7.11 Å². The van der Waals surface area contributed by atoms with Gasteiger partial charge >= 0.3 is 0 Å². The Labute approximate surface area is 132 Å². The lowest BCUT2D eigenvalue weighted by atomic mass is 10.1. The largest absolute Gasteiger partial charge is 0.313 e. The standard InChI is InChI=1S/C11H4F6O4S2/c1-19-22-10-2-3(5(13)7(15)6(14)4(2)12)11(23-21-20-18)9(17)8(10)16/h18H,1H3. The maximum Gasteiger partial charge on any atom is 0.198 e. The second-order valence-electron chi connectivity index (χ2n) is 3.77. The third-order valence-corrected chi connectivity index (χ3v) is 4.02. The molecule has 0 spiro atoms. The van der Waals surface area contributed by atoms with E-state index in [2.05, 4.69) is 13.6 Å². The predicted octanol–water partition coefficient (Wildman–Crippen LogP) is 4.76. The molecule has 2 rings (SSSR count). The molecule has 0 heterocycles. The molecule has 23 heavy (non-hydrogen) atoms. The molecule has 12 heteroatoms. The first kappa shape index (κ1) is 18.2. The summed E-state index contributed by atoms with van der Waals surface area (Å²) >= 11 is -0.204. The van der Waals surface area contributed by atoms with Crippen LogP contribution in [0.5, 0.6) is 0 Å². The van der Waals surface area contributed by atoms with Gasteiger partial charge in [0.25, 0.3) is 0 Å². The van der Waals surface area contributed by atoms with Crippen molar-refractivity contribution in [1.29, 1.82) is 0 Å². The zero-order chi connectivity index (χ0) is 17.3. The Morgan fingerprint density at radius 1 is 0.696 bits per heavy atom. The van der Waals surface area contributed by atoms with E-state index in [1.165, 1.54) is 0 Å². The fourth-order valence-electron chi connectivity index (χ4n) is 1.77. The van der Waals surface area contributed by atoms with Crippen LogP contribution in [-0.4, -0.2) is 12.4 Å². The molecule has 2 aromatic rings. The molecule has 0 saturated carbocycles. The van der Waals surface area contributed by atoms with Gasteiger partial charge in [0.15, 0.2) is 34.9 Å². The quantitative estimate of drug-likeness (QED) is 0.202. The Hall–Kier alpha value is -1.18. The van der Waals surface area contributed by atoms with Crippen molar-refractivity contribution in [3.05, 3.63) is 34.9 Å². The van der Waals surface area contributed by atoms with Crippen LogP contribution in [0.3, 0.4) is 0 Å². The molecule has 1 N–H and O–H groups in total. The maximum absolute atomic E-state index is 14.0. The monoisotopic (exact) mass is 378 g/mol. The molecule has 0 radical (unpaired) electrons. The van der Waals surface area contributed by atoms with E-state index < -0.39 is 55.5 Å². The first-order chi connectivity index (χ1) is 10.9. The smallest absolute Gasteiger partial charge is 0.198 e. The third kappa shape index (κ3) is 2.97. The molecule has 0 bridgehead atoms. The molecule has 2 aromatic carbocycles. The van der Waals surface area contributed by atoms with Crippen molar-refractivity contribution in [2.24, 2.45) is 0 Å². The third-order valence-electron chi connectivity index (χ3n) is 2.63. The topological polar surface area (TPSA) is 47.9 Å². The van der Waals surface area contributed by atoms with Gasteiger partial charge in [-0.1, -0.05) is 5.04 Å². The van der Waals surface area contributed by atoms with Gasteiger partial charge in [0.2, 0.25) is 0 Å². The molecule has 126 valence electrons. The number of hydrogen-bond acceptors (Lipinski definition) is 6. The van der Waals surface area contributed by atoms with Crippen LogP contribution >= 0.6 is 24.1 Å². The zero-order valence-corrected chi connectivity index (χ0v) is 12.4. The van der Waals surface area contributed by atoms with Crippen molar-refractivity contribution < 1.29 is 45.2 Å². The molecule has 0 saturated heterocycles. The lowest BCUT2D eigenvalue weighted by Crippen LogP contribution is -2.05. The van der Waals surface area contributed by atoms with Gasteiger partial charge in [-0.15, -0.1) is 4.33 Å². The van der Waals surface area contributed by atoms with Gasteiger partial charge in [0, 0.05) is 22.8 Å². The van der Waals surface area contributed by atoms with Crippen molar-refractivity contribution in [3.63, 3.8) is 0 Å². The summed E-state index contributed by atoms with van der Waals surface area (Å²) in [7, 11) is 1.01. The van der Waals surface area contributed by atoms with Crippen LogP contribution in [0.4, 0.5) is 26.3 Å². The van der Waals surface area contributed by atoms with Crippen LogP contribution in [0.1, 0.15) is 0 Å². The van der Waals surface area contributed by atoms with Crippen LogP contribution in [0.25, 0.3) is 10.8 Å². The minimum Gasteiger partial charge on any atom is -0.313 e. The maximum atomic E-state index is 14.0. The second kappa shape index (κ2) is 7.15. The van der Waals surface area contributed by atoms with Crippen LogP contribution in [0, 0.1) is 34.9 Å². The number of hydrogen-bond donors (Lipinski definition) is 1. The number of fused-ring (bicyclic) bond motifs is 1. The van der Waals surface area contributed by atoms with Crippen LogP contribution < -0.4 is 0 Å². The molecular weight excluding hydrogens is 374 g/mol. The van der Waals surface area contributed by atoms with E-state index in [9.17, 15) is 26.3 Å². The average molecular weight is 378 g/mol. The van der Waals surface area contributed by atoms with Gasteiger partial charge in [-0.05, 0) is 0 Å². The van der Waals surface area contributed by atoms with Crippen molar-refractivity contribution in [2.45, 2.75) is 9.79 Å². The highest BCUT2D eigenvalue weighted by Crippen LogP contribution is 2.43. The number of halogens is 6. The Morgan fingerprint density at radius 3 is 1.52 bits per heavy atom. The van der Waals surface area contributed by atoms with Gasteiger partial charge in [-0.3, -0.25) is 0 Å². The van der Waals surface area contributed by atoms with Crippen LogP contribution in [0.15, 0.2) is 9.79 Å². The van der Waals surface area contributed by atoms with Gasteiger partial charge < -0.3 is 4.18 Å². The highest BCUT2D eigenvalue weighted by molar-refractivity contribution is 7.95. The first-order valence-electron chi connectivity index (χ1n) is 5.38. The van der Waals surface area contributed by atoms with Crippen LogP contribution in [0.2, 0.25) is 0 Å². The summed E-state index contributed by atoms with van der Waals surface area (Å²) in [5, 5.41) is 8.94. The van der Waals surface area contributed by atoms with E-state index >= 15 is 0 Å². The molecule has 0 aliphatic heterocycles. The Balaban J connectivity index is 3.01. The molecule has 0 amide bonds. The summed E-state index contributed by atoms with van der Waals surface area (Å²) in [6, 6.07) is 0. The summed E-state index contributed by atoms with van der Waals surface area (Å²) in [5.74, 6) is -11.9. The van der Waals surface area contributed by atoms with E-state index in [1.54, 1.807) is 0 Å². The lowest BCUT2D eigenvalue weighted by Gasteiger charge is -2.14. The van der Waals surface area contributed by atoms with Gasteiger partial charge in [0.05, 0.1) is 28.9 Å². The summed E-state index contributed by atoms with van der Waals surface area (Å²) < 4.78 is 91.0. The first-order valence-corrected chi connectivity index (χ1v) is 6.87. The minimum atomic E-state index is -2.24. The summed E-state index contributed by atoms with van der Waals surface area (Å²) in [4.78, 5) is -2.05. The SMILES string of the molecule is COSc1c(F)c(F)c(SOOO)c2c(F)c(F)c(F)c(F)c12. The summed E-state index contributed by atoms with van der Waals surface area (Å²) in [5.41, 5.74) is 0. The van der Waals surface area contributed by atoms with Gasteiger partial charge in [0.1, 0.15) is 0 Å². The Kier molecular flexibility index (Phi) is 5.65. The fraction of sp³-hybridized carbons (Fsp3) is 0.0909. The van der Waals surface area contributed by atoms with Gasteiger partial charge in [-0.25, -0.2) is 31.6 Å². The fourth-order valence-corrected chi connectivity index (χ4v) is 2.91. The van der Waals surface area contributed by atoms with E-state index in [-0.39, 0.29) is 24.1 Å². The highest BCUT2D eigenvalue weighted by atomic mass is 32.2. The second-order valence-corrected chi connectivity index (χ2v) is 5.39. The van der Waals surface area contributed by atoms with Gasteiger partial charge in [-0.2, -0.15) is 0 Å². The summed E-state index contributed by atoms with van der Waals surface area (Å²) in [6.45, 7) is 0. The Morgan fingerprint density at radius 2 is 1.13 bits per heavy atom. The molecule has 4 nitrogen and oxygen atoms in total. The Bertz CT molecular complexity index is 773. The molecule has 0 aromatic heterocycles. The number of rotatable bonds is 5.